The lowest BCUT2D eigenvalue weighted by Crippen LogP contribution is -2.56. The van der Waals surface area contributed by atoms with Gasteiger partial charge in [0.1, 0.15) is 18.3 Å². The summed E-state index contributed by atoms with van der Waals surface area (Å²) >= 11 is 7.48. The number of carbonyl (C=O) groups excluding carboxylic acids is 2. The molecular weight excluding hydrogens is 396 g/mol. The first kappa shape index (κ1) is 18.5. The Labute approximate surface area is 171 Å². The quantitative estimate of drug-likeness (QED) is 0.632. The predicted molar refractivity (Wildman–Crippen MR) is 111 cm³/mol. The number of anilines is 2. The van der Waals surface area contributed by atoms with E-state index >= 15 is 0 Å². The van der Waals surface area contributed by atoms with Gasteiger partial charge in [0, 0.05) is 10.7 Å². The third-order valence-corrected chi connectivity index (χ3v) is 5.61. The Morgan fingerprint density at radius 1 is 1.07 bits per heavy atom. The molecule has 1 saturated heterocycles. The van der Waals surface area contributed by atoms with Crippen molar-refractivity contribution in [1.29, 1.82) is 0 Å². The molecule has 5 nitrogen and oxygen atoms in total. The average Bonchev–Trinajstić information content (AvgIpc) is 3.24. The van der Waals surface area contributed by atoms with Crippen LogP contribution in [0.2, 0.25) is 5.02 Å². The van der Waals surface area contributed by atoms with E-state index in [9.17, 15) is 9.59 Å². The van der Waals surface area contributed by atoms with Gasteiger partial charge < -0.3 is 4.74 Å². The molecule has 1 atom stereocenters. The summed E-state index contributed by atoms with van der Waals surface area (Å²) in [5, 5.41) is 4.36. The molecule has 0 radical (unpaired) electrons. The van der Waals surface area contributed by atoms with Gasteiger partial charge >= 0.3 is 0 Å². The molecule has 4 rings (SSSR count). The molecule has 0 saturated carbocycles. The monoisotopic (exact) mass is 412 g/mol. The Bertz CT molecular complexity index is 1000. The minimum Gasteiger partial charge on any atom is -0.495 e. The Kier molecular flexibility index (Phi) is 5.07. The van der Waals surface area contributed by atoms with Gasteiger partial charge in [0.2, 0.25) is 5.91 Å². The lowest BCUT2D eigenvalue weighted by Gasteiger charge is -2.40. The number of thiophene rings is 1. The first-order valence-corrected chi connectivity index (χ1v) is 9.96. The third kappa shape index (κ3) is 3.25. The zero-order valence-electron chi connectivity index (χ0n) is 15.0. The number of halogens is 1. The highest BCUT2D eigenvalue weighted by Crippen LogP contribution is 2.38. The molecule has 2 amide bonds. The molecule has 0 unspecified atom stereocenters. The molecule has 142 valence electrons. The second-order valence-electron chi connectivity index (χ2n) is 6.30. The minimum atomic E-state index is -0.751. The number of hydrogen-bond acceptors (Lipinski definition) is 4. The number of methoxy groups -OCH3 is 1. The normalized spacial score (nSPS) is 17.1. The second-order valence-corrected chi connectivity index (χ2v) is 7.51. The van der Waals surface area contributed by atoms with Crippen LogP contribution in [0, 0.1) is 0 Å². The van der Waals surface area contributed by atoms with Gasteiger partial charge in [-0.15, -0.1) is 0 Å². The summed E-state index contributed by atoms with van der Waals surface area (Å²) in [6.45, 7) is -0.0670. The third-order valence-electron chi connectivity index (χ3n) is 4.66. The van der Waals surface area contributed by atoms with E-state index in [1.54, 1.807) is 48.4 Å². The van der Waals surface area contributed by atoms with Gasteiger partial charge in [-0.3, -0.25) is 19.4 Å². The molecule has 0 aliphatic carbocycles. The van der Waals surface area contributed by atoms with Crippen molar-refractivity contribution >= 4 is 46.1 Å². The van der Waals surface area contributed by atoms with Crippen LogP contribution < -0.4 is 14.5 Å². The molecule has 0 N–H and O–H groups in total. The van der Waals surface area contributed by atoms with Gasteiger partial charge in [-0.25, -0.2) is 0 Å². The number of para-hydroxylation sites is 2. The van der Waals surface area contributed by atoms with Crippen LogP contribution in [-0.2, 0) is 9.59 Å². The van der Waals surface area contributed by atoms with Crippen molar-refractivity contribution in [1.82, 2.24) is 0 Å². The first-order valence-electron chi connectivity index (χ1n) is 8.64. The Balaban J connectivity index is 1.80. The summed E-state index contributed by atoms with van der Waals surface area (Å²) in [5.74, 6) is 0.189. The molecule has 28 heavy (non-hydrogen) atoms. The summed E-state index contributed by atoms with van der Waals surface area (Å²) in [6.07, 6.45) is 0. The van der Waals surface area contributed by atoms with Crippen molar-refractivity contribution in [3.05, 3.63) is 75.9 Å². The maximum Gasteiger partial charge on any atom is 0.255 e. The SMILES string of the molecule is COc1ccccc1N1CC(=O)N(c2ccc(Cl)cc2)[C@H](c2ccsc2)C1=O. The standard InChI is InChI=1S/C21H17ClN2O3S/c1-27-18-5-3-2-4-17(18)23-12-19(25)24(16-8-6-15(22)7-9-16)20(21(23)26)14-10-11-28-13-14/h2-11,13,20H,12H2,1H3/t20-/m1/s1. The Hall–Kier alpha value is -2.83. The smallest absolute Gasteiger partial charge is 0.255 e. The highest BCUT2D eigenvalue weighted by Gasteiger charge is 2.42. The van der Waals surface area contributed by atoms with Crippen LogP contribution in [0.25, 0.3) is 0 Å². The van der Waals surface area contributed by atoms with Crippen LogP contribution in [0.1, 0.15) is 11.6 Å². The maximum atomic E-state index is 13.5. The minimum absolute atomic E-state index is 0.0670. The fourth-order valence-electron chi connectivity index (χ4n) is 3.37. The largest absolute Gasteiger partial charge is 0.495 e. The predicted octanol–water partition coefficient (Wildman–Crippen LogP) is 4.53. The van der Waals surface area contributed by atoms with E-state index in [4.69, 9.17) is 16.3 Å². The molecule has 1 aliphatic heterocycles. The lowest BCUT2D eigenvalue weighted by molar-refractivity contribution is -0.128. The van der Waals surface area contributed by atoms with Gasteiger partial charge in [-0.05, 0) is 58.8 Å². The molecule has 1 fully saturated rings. The van der Waals surface area contributed by atoms with Gasteiger partial charge in [0.25, 0.3) is 5.91 Å². The number of rotatable bonds is 4. The van der Waals surface area contributed by atoms with Gasteiger partial charge in [0.05, 0.1) is 12.8 Å². The van der Waals surface area contributed by atoms with Gasteiger partial charge in [-0.2, -0.15) is 11.3 Å². The number of amides is 2. The highest BCUT2D eigenvalue weighted by atomic mass is 35.5. The van der Waals surface area contributed by atoms with E-state index in [2.05, 4.69) is 0 Å². The summed E-state index contributed by atoms with van der Waals surface area (Å²) < 4.78 is 5.40. The van der Waals surface area contributed by atoms with Crippen LogP contribution in [-0.4, -0.2) is 25.5 Å². The molecule has 0 spiro atoms. The molecule has 1 aromatic heterocycles. The molecule has 2 heterocycles. The summed E-state index contributed by atoms with van der Waals surface area (Å²) in [7, 11) is 1.55. The van der Waals surface area contributed by atoms with E-state index in [-0.39, 0.29) is 18.4 Å². The molecule has 3 aromatic rings. The highest BCUT2D eigenvalue weighted by molar-refractivity contribution is 7.08. The summed E-state index contributed by atoms with van der Waals surface area (Å²) in [6, 6.07) is 15.3. The van der Waals surface area contributed by atoms with Crippen LogP contribution in [0.5, 0.6) is 5.75 Å². The fraction of sp³-hybridized carbons (Fsp3) is 0.143. The molecular formula is C21H17ClN2O3S. The van der Waals surface area contributed by atoms with Crippen molar-refractivity contribution < 1.29 is 14.3 Å². The van der Waals surface area contributed by atoms with Crippen LogP contribution >= 0.6 is 22.9 Å². The maximum absolute atomic E-state index is 13.5. The van der Waals surface area contributed by atoms with Gasteiger partial charge in [-0.1, -0.05) is 23.7 Å². The average molecular weight is 413 g/mol. The topological polar surface area (TPSA) is 49.9 Å². The van der Waals surface area contributed by atoms with Crippen molar-refractivity contribution in [3.63, 3.8) is 0 Å². The zero-order chi connectivity index (χ0) is 19.7. The van der Waals surface area contributed by atoms with E-state index in [0.29, 0.717) is 22.1 Å². The molecule has 0 bridgehead atoms. The van der Waals surface area contributed by atoms with Crippen LogP contribution in [0.4, 0.5) is 11.4 Å². The zero-order valence-corrected chi connectivity index (χ0v) is 16.6. The number of nitrogens with zero attached hydrogens (tertiary/aromatic N) is 2. The molecule has 1 aliphatic rings. The first-order chi connectivity index (χ1) is 13.6. The Morgan fingerprint density at radius 3 is 2.50 bits per heavy atom. The van der Waals surface area contributed by atoms with Crippen LogP contribution in [0.3, 0.4) is 0 Å². The number of ether oxygens (including phenoxy) is 1. The molecule has 7 heteroatoms. The lowest BCUT2D eigenvalue weighted by atomic mass is 10.0. The van der Waals surface area contributed by atoms with Crippen LogP contribution in [0.15, 0.2) is 65.4 Å². The fourth-order valence-corrected chi connectivity index (χ4v) is 4.17. The summed E-state index contributed by atoms with van der Waals surface area (Å²) in [5.41, 5.74) is 2.00. The van der Waals surface area contributed by atoms with E-state index in [1.165, 1.54) is 16.2 Å². The number of piperazine rings is 1. The number of benzene rings is 2. The van der Waals surface area contributed by atoms with Crippen molar-refractivity contribution in [2.45, 2.75) is 6.04 Å². The van der Waals surface area contributed by atoms with Crippen molar-refractivity contribution in [2.24, 2.45) is 0 Å². The van der Waals surface area contributed by atoms with Crippen molar-refractivity contribution in [2.75, 3.05) is 23.5 Å². The Morgan fingerprint density at radius 2 is 1.82 bits per heavy atom. The number of hydrogen-bond donors (Lipinski definition) is 0. The van der Waals surface area contributed by atoms with E-state index in [1.807, 2.05) is 29.0 Å². The number of carbonyl (C=O) groups is 2. The molecule has 2 aromatic carbocycles. The summed E-state index contributed by atoms with van der Waals surface area (Å²) in [4.78, 5) is 29.8. The second kappa shape index (κ2) is 7.66. The van der Waals surface area contributed by atoms with Crippen molar-refractivity contribution in [3.8, 4) is 5.75 Å². The van der Waals surface area contributed by atoms with E-state index in [0.717, 1.165) is 5.56 Å². The van der Waals surface area contributed by atoms with Gasteiger partial charge in [0.15, 0.2) is 0 Å². The van der Waals surface area contributed by atoms with E-state index < -0.39 is 6.04 Å².